The zero-order chi connectivity index (χ0) is 21.8. The summed E-state index contributed by atoms with van der Waals surface area (Å²) < 4.78 is 31.8. The van der Waals surface area contributed by atoms with Crippen LogP contribution in [-0.4, -0.2) is 69.4 Å². The van der Waals surface area contributed by atoms with Crippen molar-refractivity contribution in [2.45, 2.75) is 4.90 Å². The van der Waals surface area contributed by atoms with Crippen molar-refractivity contribution in [1.82, 2.24) is 9.88 Å². The summed E-state index contributed by atoms with van der Waals surface area (Å²) >= 11 is 7.59. The highest BCUT2D eigenvalue weighted by atomic mass is 35.5. The minimum absolute atomic E-state index is 0.129. The lowest BCUT2D eigenvalue weighted by atomic mass is 10.3. The lowest BCUT2D eigenvalue weighted by molar-refractivity contribution is -0.116. The first-order chi connectivity index (χ1) is 14.9. The maximum atomic E-state index is 13.2. The van der Waals surface area contributed by atoms with Gasteiger partial charge < -0.3 is 4.74 Å². The summed E-state index contributed by atoms with van der Waals surface area (Å²) in [6.45, 7) is 3.77. The maximum Gasteiger partial charge on any atom is 0.244 e. The van der Waals surface area contributed by atoms with E-state index in [1.54, 1.807) is 24.3 Å². The average Bonchev–Trinajstić information content (AvgIpc) is 3.20. The number of thiazole rings is 1. The second-order valence-corrected chi connectivity index (χ2v) is 10.6. The van der Waals surface area contributed by atoms with E-state index in [0.717, 1.165) is 17.8 Å². The van der Waals surface area contributed by atoms with Crippen LogP contribution in [0.3, 0.4) is 0 Å². The quantitative estimate of drug-likeness (QED) is 0.518. The Morgan fingerprint density at radius 3 is 2.58 bits per heavy atom. The summed E-state index contributed by atoms with van der Waals surface area (Å²) in [5.74, 6) is -1.13. The molecule has 1 aliphatic heterocycles. The van der Waals surface area contributed by atoms with Crippen LogP contribution in [0, 0.1) is 0 Å². The average molecular weight is 480 g/mol. The molecule has 2 heterocycles. The third kappa shape index (κ3) is 5.24. The number of hydrogen-bond acceptors (Lipinski definition) is 7. The number of benzene rings is 2. The molecule has 1 amide bonds. The second-order valence-electron chi connectivity index (χ2n) is 7.15. The number of rotatable bonds is 7. The first-order valence-electron chi connectivity index (χ1n) is 9.87. The lowest BCUT2D eigenvalue weighted by Gasteiger charge is -2.29. The van der Waals surface area contributed by atoms with Gasteiger partial charge in [-0.05, 0) is 24.3 Å². The van der Waals surface area contributed by atoms with E-state index in [0.29, 0.717) is 42.0 Å². The third-order valence-electron chi connectivity index (χ3n) is 5.05. The predicted octanol–water partition coefficient (Wildman–Crippen LogP) is 3.09. The molecular weight excluding hydrogens is 458 g/mol. The van der Waals surface area contributed by atoms with Gasteiger partial charge in [-0.15, -0.1) is 0 Å². The van der Waals surface area contributed by atoms with Crippen LogP contribution in [0.25, 0.3) is 10.2 Å². The first-order valence-corrected chi connectivity index (χ1v) is 12.7. The maximum absolute atomic E-state index is 13.2. The van der Waals surface area contributed by atoms with E-state index < -0.39 is 21.5 Å². The third-order valence-corrected chi connectivity index (χ3v) is 8.02. The molecule has 3 aromatic rings. The Hall–Kier alpha value is -2.04. The van der Waals surface area contributed by atoms with Crippen molar-refractivity contribution in [1.29, 1.82) is 0 Å². The molecule has 0 spiro atoms. The van der Waals surface area contributed by atoms with Crippen LogP contribution in [0.4, 0.5) is 5.13 Å². The van der Waals surface area contributed by atoms with Crippen molar-refractivity contribution >= 4 is 54.0 Å². The number of morpholine rings is 1. The lowest BCUT2D eigenvalue weighted by Crippen LogP contribution is -2.44. The van der Waals surface area contributed by atoms with Crippen LogP contribution in [0.5, 0.6) is 0 Å². The minimum atomic E-state index is -3.77. The predicted molar refractivity (Wildman–Crippen MR) is 123 cm³/mol. The van der Waals surface area contributed by atoms with E-state index in [-0.39, 0.29) is 4.90 Å². The molecule has 0 aliphatic carbocycles. The van der Waals surface area contributed by atoms with Gasteiger partial charge in [-0.3, -0.25) is 14.6 Å². The van der Waals surface area contributed by atoms with Crippen LogP contribution in [0.15, 0.2) is 53.4 Å². The van der Waals surface area contributed by atoms with E-state index in [1.807, 2.05) is 12.1 Å². The molecule has 1 aromatic heterocycles. The highest BCUT2D eigenvalue weighted by molar-refractivity contribution is 7.92. The number of amides is 1. The molecule has 0 unspecified atom stereocenters. The van der Waals surface area contributed by atoms with Gasteiger partial charge in [-0.2, -0.15) is 0 Å². The minimum Gasteiger partial charge on any atom is -0.379 e. The molecule has 7 nitrogen and oxygen atoms in total. The molecule has 164 valence electrons. The van der Waals surface area contributed by atoms with Gasteiger partial charge >= 0.3 is 0 Å². The van der Waals surface area contributed by atoms with Gasteiger partial charge in [0.1, 0.15) is 11.3 Å². The number of fused-ring (bicyclic) bond motifs is 1. The number of carbonyl (C=O) groups excluding carboxylic acids is 1. The standard InChI is InChI=1S/C21H22ClN3O4S2/c22-17-7-4-8-18-20(17)23-21(30-18)25(10-9-24-11-13-29-14-12-24)19(26)15-31(27,28)16-5-2-1-3-6-16/h1-8H,9-15H2. The number of nitrogens with zero attached hydrogens (tertiary/aromatic N) is 3. The van der Waals surface area contributed by atoms with E-state index in [9.17, 15) is 13.2 Å². The Kier molecular flexibility index (Phi) is 6.88. The van der Waals surface area contributed by atoms with Crippen molar-refractivity contribution in [3.63, 3.8) is 0 Å². The molecule has 2 aromatic carbocycles. The highest BCUT2D eigenvalue weighted by Crippen LogP contribution is 2.33. The largest absolute Gasteiger partial charge is 0.379 e. The fourth-order valence-corrected chi connectivity index (χ4v) is 5.89. The molecular formula is C21H22ClN3O4S2. The Labute approximate surface area is 190 Å². The fraction of sp³-hybridized carbons (Fsp3) is 0.333. The van der Waals surface area contributed by atoms with Gasteiger partial charge in [0.25, 0.3) is 0 Å². The summed E-state index contributed by atoms with van der Waals surface area (Å²) in [6.07, 6.45) is 0. The van der Waals surface area contributed by atoms with Gasteiger partial charge in [0, 0.05) is 26.2 Å². The summed E-state index contributed by atoms with van der Waals surface area (Å²) in [6, 6.07) is 13.5. The summed E-state index contributed by atoms with van der Waals surface area (Å²) in [5.41, 5.74) is 0.610. The fourth-order valence-electron chi connectivity index (χ4n) is 3.36. The number of anilines is 1. The van der Waals surface area contributed by atoms with Gasteiger partial charge in [0.05, 0.1) is 27.8 Å². The molecule has 0 bridgehead atoms. The van der Waals surface area contributed by atoms with Crippen LogP contribution in [0.2, 0.25) is 5.02 Å². The SMILES string of the molecule is O=C(CS(=O)(=O)c1ccccc1)N(CCN1CCOCC1)c1nc2c(Cl)cccc2s1. The molecule has 1 saturated heterocycles. The van der Waals surface area contributed by atoms with Crippen molar-refractivity contribution < 1.29 is 17.9 Å². The Balaban J connectivity index is 1.60. The van der Waals surface area contributed by atoms with Crippen LogP contribution >= 0.6 is 22.9 Å². The van der Waals surface area contributed by atoms with Crippen molar-refractivity contribution in [3.8, 4) is 0 Å². The number of ether oxygens (including phenoxy) is 1. The number of aromatic nitrogens is 1. The number of sulfone groups is 1. The Bertz CT molecular complexity index is 1160. The number of carbonyl (C=O) groups is 1. The van der Waals surface area contributed by atoms with E-state index in [2.05, 4.69) is 9.88 Å². The van der Waals surface area contributed by atoms with Crippen molar-refractivity contribution in [3.05, 3.63) is 53.6 Å². The Morgan fingerprint density at radius 2 is 1.87 bits per heavy atom. The van der Waals surface area contributed by atoms with Crippen LogP contribution in [-0.2, 0) is 19.4 Å². The van der Waals surface area contributed by atoms with E-state index >= 15 is 0 Å². The number of para-hydroxylation sites is 1. The van der Waals surface area contributed by atoms with E-state index in [4.69, 9.17) is 16.3 Å². The first kappa shape index (κ1) is 22.2. The van der Waals surface area contributed by atoms with Gasteiger partial charge in [0.15, 0.2) is 15.0 Å². The molecule has 0 radical (unpaired) electrons. The molecule has 0 saturated carbocycles. The van der Waals surface area contributed by atoms with Crippen molar-refractivity contribution in [2.24, 2.45) is 0 Å². The number of hydrogen-bond donors (Lipinski definition) is 0. The monoisotopic (exact) mass is 479 g/mol. The smallest absolute Gasteiger partial charge is 0.244 e. The molecule has 31 heavy (non-hydrogen) atoms. The zero-order valence-corrected chi connectivity index (χ0v) is 19.1. The molecule has 1 aliphatic rings. The second kappa shape index (κ2) is 9.62. The molecule has 10 heteroatoms. The Morgan fingerprint density at radius 1 is 1.13 bits per heavy atom. The van der Waals surface area contributed by atoms with Crippen LogP contribution in [0.1, 0.15) is 0 Å². The highest BCUT2D eigenvalue weighted by Gasteiger charge is 2.27. The summed E-state index contributed by atoms with van der Waals surface area (Å²) in [4.78, 5) is 21.5. The normalized spacial score (nSPS) is 15.3. The molecule has 0 N–H and O–H groups in total. The number of halogens is 1. The molecule has 0 atom stereocenters. The van der Waals surface area contributed by atoms with Gasteiger partial charge in [-0.1, -0.05) is 47.2 Å². The molecule has 4 rings (SSSR count). The van der Waals surface area contributed by atoms with Gasteiger partial charge in [-0.25, -0.2) is 13.4 Å². The summed E-state index contributed by atoms with van der Waals surface area (Å²) in [5, 5.41) is 0.946. The van der Waals surface area contributed by atoms with Crippen molar-refractivity contribution in [2.75, 3.05) is 50.0 Å². The van der Waals surface area contributed by atoms with Gasteiger partial charge in [0.2, 0.25) is 5.91 Å². The zero-order valence-electron chi connectivity index (χ0n) is 16.7. The van der Waals surface area contributed by atoms with Crippen LogP contribution < -0.4 is 4.90 Å². The topological polar surface area (TPSA) is 79.8 Å². The van der Waals surface area contributed by atoms with E-state index in [1.165, 1.54) is 28.4 Å². The molecule has 1 fully saturated rings. The summed E-state index contributed by atoms with van der Waals surface area (Å²) in [7, 11) is -3.77.